The second-order valence-electron chi connectivity index (χ2n) is 2.69. The highest BCUT2D eigenvalue weighted by atomic mass is 35.5. The van der Waals surface area contributed by atoms with Crippen molar-refractivity contribution in [1.82, 2.24) is 5.32 Å². The lowest BCUT2D eigenvalue weighted by Gasteiger charge is -2.00. The highest BCUT2D eigenvalue weighted by Gasteiger charge is 1.93. The van der Waals surface area contributed by atoms with Gasteiger partial charge in [0.25, 0.3) is 0 Å². The van der Waals surface area contributed by atoms with Crippen LogP contribution in [0.3, 0.4) is 0 Å². The fourth-order valence-corrected chi connectivity index (χ4v) is 0.913. The maximum atomic E-state index is 5.49. The molecule has 0 atom stereocenters. The fourth-order valence-electron chi connectivity index (χ4n) is 0.836. The molecule has 1 rings (SSSR count). The Labute approximate surface area is 77.2 Å². The molecule has 0 saturated heterocycles. The Bertz CT molecular complexity index is 241. The third kappa shape index (κ3) is 3.11. The molecule has 1 N–H and O–H groups in total. The second-order valence-corrected chi connectivity index (χ2v) is 2.91. The van der Waals surface area contributed by atoms with Crippen molar-refractivity contribution >= 4 is 11.6 Å². The number of halogens is 1. The summed E-state index contributed by atoms with van der Waals surface area (Å²) in [5.41, 5.74) is 3.86. The van der Waals surface area contributed by atoms with Crippen molar-refractivity contribution in [3.8, 4) is 0 Å². The first kappa shape index (κ1) is 9.36. The van der Waals surface area contributed by atoms with Gasteiger partial charge < -0.3 is 9.73 Å². The Balaban J connectivity index is 2.19. The van der Waals surface area contributed by atoms with Gasteiger partial charge in [-0.05, 0) is 18.6 Å². The molecule has 0 aliphatic carbocycles. The van der Waals surface area contributed by atoms with E-state index < -0.39 is 0 Å². The van der Waals surface area contributed by atoms with E-state index in [1.807, 2.05) is 13.0 Å². The topological polar surface area (TPSA) is 25.2 Å². The summed E-state index contributed by atoms with van der Waals surface area (Å²) in [6, 6.07) is 1.94. The van der Waals surface area contributed by atoms with Gasteiger partial charge in [0, 0.05) is 24.2 Å². The van der Waals surface area contributed by atoms with Crippen LogP contribution in [0.4, 0.5) is 0 Å². The summed E-state index contributed by atoms with van der Waals surface area (Å²) in [6.07, 6.45) is 3.40. The predicted octanol–water partition coefficient (Wildman–Crippen LogP) is 2.51. The van der Waals surface area contributed by atoms with Gasteiger partial charge in [-0.1, -0.05) is 11.6 Å². The number of rotatable bonds is 4. The number of hydrogen-bond acceptors (Lipinski definition) is 2. The molecule has 0 aliphatic rings. The molecule has 0 saturated carbocycles. The minimum absolute atomic E-state index is 0.814. The lowest BCUT2D eigenvalue weighted by molar-refractivity contribution is 0.561. The monoisotopic (exact) mass is 185 g/mol. The molecule has 0 bridgehead atoms. The van der Waals surface area contributed by atoms with Gasteiger partial charge in [0.15, 0.2) is 0 Å². The summed E-state index contributed by atoms with van der Waals surface area (Å²) >= 11 is 5.49. The van der Waals surface area contributed by atoms with Gasteiger partial charge >= 0.3 is 0 Å². The molecule has 0 fully saturated rings. The average molecular weight is 186 g/mol. The summed E-state index contributed by atoms with van der Waals surface area (Å²) in [6.45, 7) is 3.61. The standard InChI is InChI=1S/C9H12ClNO/c1-8(4-10)5-11-6-9-2-3-12-7-9/h2-4,7,11H,5-6H2,1H3/b8-4-. The Morgan fingerprint density at radius 2 is 2.58 bits per heavy atom. The van der Waals surface area contributed by atoms with Crippen LogP contribution in [0, 0.1) is 0 Å². The van der Waals surface area contributed by atoms with Crippen molar-refractivity contribution in [2.45, 2.75) is 13.5 Å². The van der Waals surface area contributed by atoms with E-state index in [4.69, 9.17) is 16.0 Å². The first-order chi connectivity index (χ1) is 5.83. The molecular weight excluding hydrogens is 174 g/mol. The van der Waals surface area contributed by atoms with Crippen LogP contribution in [-0.2, 0) is 6.54 Å². The van der Waals surface area contributed by atoms with E-state index in [9.17, 15) is 0 Å². The average Bonchev–Trinajstić information content (AvgIpc) is 2.57. The van der Waals surface area contributed by atoms with Crippen molar-refractivity contribution < 1.29 is 4.42 Å². The highest BCUT2D eigenvalue weighted by Crippen LogP contribution is 1.99. The Hall–Kier alpha value is -0.730. The van der Waals surface area contributed by atoms with Crippen molar-refractivity contribution in [2.24, 2.45) is 0 Å². The molecule has 66 valence electrons. The van der Waals surface area contributed by atoms with E-state index in [1.54, 1.807) is 18.1 Å². The molecule has 1 aromatic heterocycles. The van der Waals surface area contributed by atoms with Crippen LogP contribution in [0.1, 0.15) is 12.5 Å². The molecule has 0 spiro atoms. The van der Waals surface area contributed by atoms with Crippen LogP contribution in [0.2, 0.25) is 0 Å². The molecular formula is C9H12ClNO. The zero-order valence-electron chi connectivity index (χ0n) is 7.01. The Morgan fingerprint density at radius 1 is 1.75 bits per heavy atom. The summed E-state index contributed by atoms with van der Waals surface area (Å²) < 4.78 is 4.92. The molecule has 12 heavy (non-hydrogen) atoms. The van der Waals surface area contributed by atoms with E-state index in [0.717, 1.165) is 24.2 Å². The molecule has 1 aromatic rings. The van der Waals surface area contributed by atoms with Crippen LogP contribution in [0.25, 0.3) is 0 Å². The highest BCUT2D eigenvalue weighted by molar-refractivity contribution is 6.25. The molecule has 0 aliphatic heterocycles. The van der Waals surface area contributed by atoms with Crippen molar-refractivity contribution in [1.29, 1.82) is 0 Å². The van der Waals surface area contributed by atoms with Gasteiger partial charge in [-0.15, -0.1) is 0 Å². The summed E-state index contributed by atoms with van der Waals surface area (Å²) in [5.74, 6) is 0. The summed E-state index contributed by atoms with van der Waals surface area (Å²) in [7, 11) is 0. The normalized spacial score (nSPS) is 12.0. The zero-order chi connectivity index (χ0) is 8.81. The van der Waals surface area contributed by atoms with Gasteiger partial charge in [-0.2, -0.15) is 0 Å². The maximum absolute atomic E-state index is 5.49. The van der Waals surface area contributed by atoms with Gasteiger partial charge in [0.05, 0.1) is 12.5 Å². The number of furan rings is 1. The van der Waals surface area contributed by atoms with Gasteiger partial charge in [0.1, 0.15) is 0 Å². The predicted molar refractivity (Wildman–Crippen MR) is 50.0 cm³/mol. The zero-order valence-corrected chi connectivity index (χ0v) is 7.77. The molecule has 0 aromatic carbocycles. The first-order valence-corrected chi connectivity index (χ1v) is 4.24. The van der Waals surface area contributed by atoms with E-state index in [0.29, 0.717) is 0 Å². The molecule has 0 amide bonds. The van der Waals surface area contributed by atoms with Crippen LogP contribution >= 0.6 is 11.6 Å². The largest absolute Gasteiger partial charge is 0.472 e. The lowest BCUT2D eigenvalue weighted by Crippen LogP contribution is -2.14. The Morgan fingerprint density at radius 3 is 3.17 bits per heavy atom. The SMILES string of the molecule is C/C(=C/Cl)CNCc1ccoc1. The molecule has 1 heterocycles. The summed E-state index contributed by atoms with van der Waals surface area (Å²) in [4.78, 5) is 0. The Kier molecular flexibility index (Phi) is 3.91. The fraction of sp³-hybridized carbons (Fsp3) is 0.333. The van der Waals surface area contributed by atoms with Crippen LogP contribution < -0.4 is 5.32 Å². The van der Waals surface area contributed by atoms with Gasteiger partial charge in [-0.25, -0.2) is 0 Å². The molecule has 0 radical (unpaired) electrons. The minimum Gasteiger partial charge on any atom is -0.472 e. The van der Waals surface area contributed by atoms with Gasteiger partial charge in [0.2, 0.25) is 0 Å². The van der Waals surface area contributed by atoms with Crippen LogP contribution in [0.5, 0.6) is 0 Å². The van der Waals surface area contributed by atoms with E-state index in [2.05, 4.69) is 5.32 Å². The van der Waals surface area contributed by atoms with Crippen molar-refractivity contribution in [3.05, 3.63) is 35.3 Å². The minimum atomic E-state index is 0.814. The van der Waals surface area contributed by atoms with Crippen LogP contribution in [0.15, 0.2) is 34.1 Å². The third-order valence-electron chi connectivity index (χ3n) is 1.50. The number of nitrogens with one attached hydrogen (secondary N) is 1. The summed E-state index contributed by atoms with van der Waals surface area (Å²) in [5, 5.41) is 3.23. The molecule has 0 unspecified atom stereocenters. The lowest BCUT2D eigenvalue weighted by atomic mass is 10.3. The van der Waals surface area contributed by atoms with E-state index in [-0.39, 0.29) is 0 Å². The van der Waals surface area contributed by atoms with E-state index in [1.165, 1.54) is 0 Å². The molecule has 3 heteroatoms. The number of hydrogen-bond donors (Lipinski definition) is 1. The molecule has 2 nitrogen and oxygen atoms in total. The third-order valence-corrected chi connectivity index (χ3v) is 1.87. The van der Waals surface area contributed by atoms with Crippen molar-refractivity contribution in [3.63, 3.8) is 0 Å². The maximum Gasteiger partial charge on any atom is 0.0947 e. The van der Waals surface area contributed by atoms with Gasteiger partial charge in [-0.3, -0.25) is 0 Å². The smallest absolute Gasteiger partial charge is 0.0947 e. The van der Waals surface area contributed by atoms with Crippen LogP contribution in [-0.4, -0.2) is 6.54 Å². The second kappa shape index (κ2) is 5.01. The van der Waals surface area contributed by atoms with E-state index >= 15 is 0 Å². The quantitative estimate of drug-likeness (QED) is 0.780. The van der Waals surface area contributed by atoms with Crippen molar-refractivity contribution in [2.75, 3.05) is 6.54 Å². The first-order valence-electron chi connectivity index (χ1n) is 3.80.